The highest BCUT2D eigenvalue weighted by atomic mass is 32.2. The lowest BCUT2D eigenvalue weighted by Gasteiger charge is -2.10. The number of nitrogens with one attached hydrogen (secondary N) is 1. The van der Waals surface area contributed by atoms with Crippen molar-refractivity contribution in [1.82, 2.24) is 28.7 Å². The Bertz CT molecular complexity index is 1450. The van der Waals surface area contributed by atoms with Gasteiger partial charge in [-0.25, -0.2) is 27.1 Å². The van der Waals surface area contributed by atoms with Gasteiger partial charge in [-0.1, -0.05) is 6.07 Å². The lowest BCUT2D eigenvalue weighted by atomic mass is 10.2. The van der Waals surface area contributed by atoms with Gasteiger partial charge in [0.05, 0.1) is 27.9 Å². The highest BCUT2D eigenvalue weighted by molar-refractivity contribution is 7.89. The van der Waals surface area contributed by atoms with E-state index >= 15 is 0 Å². The summed E-state index contributed by atoms with van der Waals surface area (Å²) >= 11 is 0. The molecule has 0 saturated carbocycles. The van der Waals surface area contributed by atoms with E-state index in [1.54, 1.807) is 41.2 Å². The van der Waals surface area contributed by atoms with E-state index in [0.717, 1.165) is 9.82 Å². The normalized spacial score (nSPS) is 11.9. The van der Waals surface area contributed by atoms with E-state index < -0.39 is 15.8 Å². The van der Waals surface area contributed by atoms with Gasteiger partial charge in [-0.05, 0) is 35.9 Å². The van der Waals surface area contributed by atoms with Gasteiger partial charge < -0.3 is 14.5 Å². The molecule has 0 aliphatic heterocycles. The van der Waals surface area contributed by atoms with Crippen molar-refractivity contribution in [3.05, 3.63) is 72.3 Å². The summed E-state index contributed by atoms with van der Waals surface area (Å²) in [4.78, 5) is 21.0. The zero-order chi connectivity index (χ0) is 24.5. The van der Waals surface area contributed by atoms with E-state index in [0.29, 0.717) is 29.0 Å². The topological polar surface area (TPSA) is 102 Å². The first-order chi connectivity index (χ1) is 16.2. The molecule has 178 valence electrons. The zero-order valence-corrected chi connectivity index (χ0v) is 19.9. The second-order valence-corrected chi connectivity index (χ2v) is 10.2. The van der Waals surface area contributed by atoms with Crippen LogP contribution in [0.3, 0.4) is 0 Å². The Balaban J connectivity index is 1.38. The van der Waals surface area contributed by atoms with Crippen molar-refractivity contribution in [1.29, 1.82) is 0 Å². The van der Waals surface area contributed by atoms with E-state index in [1.165, 1.54) is 32.6 Å². The molecule has 0 aliphatic carbocycles. The number of hydrogen-bond acceptors (Lipinski definition) is 5. The molecule has 0 atom stereocenters. The van der Waals surface area contributed by atoms with Crippen molar-refractivity contribution < 1.29 is 17.6 Å². The van der Waals surface area contributed by atoms with Crippen LogP contribution in [0.4, 0.5) is 4.39 Å². The van der Waals surface area contributed by atoms with E-state index in [-0.39, 0.29) is 23.8 Å². The standard InChI is InChI=1S/C23H25FN6O3S/c1-28(2)34(32,33)17-5-7-21-19(13-17)27-22(29(21)3)8-9-23(31)26-14-16-4-6-20(18(24)12-16)30-11-10-25-15-30/h4-7,10-13,15H,8-9,14H2,1-3H3,(H,26,31). The number of sulfonamides is 1. The highest BCUT2D eigenvalue weighted by Gasteiger charge is 2.19. The molecular formula is C23H25FN6O3S. The Kier molecular flexibility index (Phi) is 6.49. The number of rotatable bonds is 8. The van der Waals surface area contributed by atoms with Crippen LogP contribution in [-0.2, 0) is 34.8 Å². The number of hydrogen-bond donors (Lipinski definition) is 1. The average Bonchev–Trinajstić information content (AvgIpc) is 3.44. The first-order valence-corrected chi connectivity index (χ1v) is 12.0. The summed E-state index contributed by atoms with van der Waals surface area (Å²) in [5.41, 5.74) is 2.36. The molecule has 1 amide bonds. The molecule has 2 aromatic heterocycles. The number of amides is 1. The van der Waals surface area contributed by atoms with E-state index in [9.17, 15) is 17.6 Å². The lowest BCUT2D eigenvalue weighted by molar-refractivity contribution is -0.121. The summed E-state index contributed by atoms with van der Waals surface area (Å²) < 4.78 is 43.7. The molecule has 0 fully saturated rings. The predicted molar refractivity (Wildman–Crippen MR) is 125 cm³/mol. The number of halogens is 1. The molecule has 1 N–H and O–H groups in total. The smallest absolute Gasteiger partial charge is 0.242 e. The Morgan fingerprint density at radius 3 is 2.65 bits per heavy atom. The summed E-state index contributed by atoms with van der Waals surface area (Å²) in [5, 5.41) is 2.80. The Morgan fingerprint density at radius 1 is 1.18 bits per heavy atom. The fourth-order valence-electron chi connectivity index (χ4n) is 3.61. The quantitative estimate of drug-likeness (QED) is 0.414. The van der Waals surface area contributed by atoms with Crippen LogP contribution in [0, 0.1) is 5.82 Å². The van der Waals surface area contributed by atoms with Gasteiger partial charge in [-0.3, -0.25) is 4.79 Å². The molecule has 2 aromatic carbocycles. The first-order valence-electron chi connectivity index (χ1n) is 10.6. The fraction of sp³-hybridized carbons (Fsp3) is 0.261. The van der Waals surface area contributed by atoms with Gasteiger partial charge in [0.2, 0.25) is 15.9 Å². The van der Waals surface area contributed by atoms with Gasteiger partial charge in [0.1, 0.15) is 11.6 Å². The molecule has 2 heterocycles. The number of aryl methyl sites for hydroxylation is 2. The number of carbonyl (C=O) groups is 1. The first kappa shape index (κ1) is 23.6. The molecule has 0 radical (unpaired) electrons. The molecule has 4 rings (SSSR count). The fourth-order valence-corrected chi connectivity index (χ4v) is 4.53. The highest BCUT2D eigenvalue weighted by Crippen LogP contribution is 2.22. The number of carbonyl (C=O) groups excluding carboxylic acids is 1. The van der Waals surface area contributed by atoms with Gasteiger partial charge in [-0.2, -0.15) is 0 Å². The van der Waals surface area contributed by atoms with Crippen LogP contribution in [0.5, 0.6) is 0 Å². The number of fused-ring (bicyclic) bond motifs is 1. The Morgan fingerprint density at radius 2 is 1.97 bits per heavy atom. The Labute approximate surface area is 196 Å². The molecule has 0 bridgehead atoms. The molecular weight excluding hydrogens is 459 g/mol. The summed E-state index contributed by atoms with van der Waals surface area (Å²) in [5.74, 6) is 0.0717. The monoisotopic (exact) mass is 484 g/mol. The second-order valence-electron chi connectivity index (χ2n) is 8.06. The molecule has 4 aromatic rings. The van der Waals surface area contributed by atoms with Crippen LogP contribution >= 0.6 is 0 Å². The molecule has 0 aliphatic rings. The van der Waals surface area contributed by atoms with Gasteiger partial charge in [0.15, 0.2) is 0 Å². The van der Waals surface area contributed by atoms with E-state index in [2.05, 4.69) is 15.3 Å². The number of benzene rings is 2. The van der Waals surface area contributed by atoms with Crippen molar-refractivity contribution in [3.63, 3.8) is 0 Å². The van der Waals surface area contributed by atoms with Gasteiger partial charge in [0, 0.05) is 52.9 Å². The maximum atomic E-state index is 14.4. The zero-order valence-electron chi connectivity index (χ0n) is 19.1. The minimum Gasteiger partial charge on any atom is -0.352 e. The van der Waals surface area contributed by atoms with Crippen molar-refractivity contribution >= 4 is 27.0 Å². The van der Waals surface area contributed by atoms with Gasteiger partial charge in [-0.15, -0.1) is 0 Å². The molecule has 0 saturated heterocycles. The average molecular weight is 485 g/mol. The van der Waals surface area contributed by atoms with Crippen molar-refractivity contribution in [2.24, 2.45) is 7.05 Å². The summed E-state index contributed by atoms with van der Waals surface area (Å²) in [6.45, 7) is 0.203. The van der Waals surface area contributed by atoms with Gasteiger partial charge >= 0.3 is 0 Å². The SMILES string of the molecule is CN(C)S(=O)(=O)c1ccc2c(c1)nc(CCC(=O)NCc1ccc(-n3ccnc3)c(F)c1)n2C. The maximum absolute atomic E-state index is 14.4. The number of aromatic nitrogens is 4. The third-order valence-corrected chi connectivity index (χ3v) is 7.39. The summed E-state index contributed by atoms with van der Waals surface area (Å²) in [6.07, 6.45) is 5.31. The molecule has 34 heavy (non-hydrogen) atoms. The van der Waals surface area contributed by atoms with Crippen molar-refractivity contribution in [3.8, 4) is 5.69 Å². The minimum absolute atomic E-state index is 0.165. The van der Waals surface area contributed by atoms with Crippen LogP contribution in [0.2, 0.25) is 0 Å². The third-order valence-electron chi connectivity index (χ3n) is 5.58. The maximum Gasteiger partial charge on any atom is 0.242 e. The van der Waals surface area contributed by atoms with Crippen LogP contribution in [-0.4, -0.2) is 51.8 Å². The minimum atomic E-state index is -3.56. The van der Waals surface area contributed by atoms with E-state index in [1.807, 2.05) is 11.6 Å². The van der Waals surface area contributed by atoms with Gasteiger partial charge in [0.25, 0.3) is 0 Å². The van der Waals surface area contributed by atoms with Crippen LogP contribution in [0.15, 0.2) is 60.0 Å². The molecule has 11 heteroatoms. The molecule has 0 unspecified atom stereocenters. The van der Waals surface area contributed by atoms with Crippen molar-refractivity contribution in [2.45, 2.75) is 24.3 Å². The lowest BCUT2D eigenvalue weighted by Crippen LogP contribution is -2.23. The predicted octanol–water partition coefficient (Wildman–Crippen LogP) is 2.40. The van der Waals surface area contributed by atoms with E-state index in [4.69, 9.17) is 0 Å². The van der Waals surface area contributed by atoms with Crippen molar-refractivity contribution in [2.75, 3.05) is 14.1 Å². The Hall–Kier alpha value is -3.57. The van der Waals surface area contributed by atoms with Crippen LogP contribution in [0.25, 0.3) is 16.7 Å². The number of nitrogens with zero attached hydrogens (tertiary/aromatic N) is 5. The van der Waals surface area contributed by atoms with Crippen LogP contribution < -0.4 is 5.32 Å². The summed E-state index contributed by atoms with van der Waals surface area (Å²) in [6, 6.07) is 9.58. The largest absolute Gasteiger partial charge is 0.352 e. The molecule has 0 spiro atoms. The molecule has 9 nitrogen and oxygen atoms in total. The second kappa shape index (κ2) is 9.35. The third kappa shape index (κ3) is 4.70. The van der Waals surface area contributed by atoms with Crippen LogP contribution in [0.1, 0.15) is 17.8 Å². The number of imidazole rings is 2. The summed E-state index contributed by atoms with van der Waals surface area (Å²) in [7, 11) is 1.22.